The van der Waals surface area contributed by atoms with Gasteiger partial charge in [0.25, 0.3) is 11.5 Å². The van der Waals surface area contributed by atoms with Gasteiger partial charge in [0.05, 0.1) is 22.4 Å². The molecule has 1 aliphatic carbocycles. The smallest absolute Gasteiger partial charge is 0.367 e. The van der Waals surface area contributed by atoms with Crippen LogP contribution in [0.5, 0.6) is 0 Å². The van der Waals surface area contributed by atoms with Crippen molar-refractivity contribution in [2.24, 2.45) is 11.7 Å². The third kappa shape index (κ3) is 5.42. The number of carbonyl (C=O) groups is 1. The molecule has 3 heterocycles. The zero-order valence-corrected chi connectivity index (χ0v) is 23.7. The van der Waals surface area contributed by atoms with Gasteiger partial charge in [-0.25, -0.2) is 8.78 Å². The Morgan fingerprint density at radius 3 is 2.39 bits per heavy atom. The minimum Gasteiger partial charge on any atom is -0.367 e. The van der Waals surface area contributed by atoms with Crippen LogP contribution in [0.15, 0.2) is 53.5 Å². The minimum absolute atomic E-state index is 0.0843. The second-order valence-electron chi connectivity index (χ2n) is 11.7. The van der Waals surface area contributed by atoms with E-state index in [0.717, 1.165) is 36.8 Å². The number of halogens is 5. The Kier molecular flexibility index (Phi) is 7.42. The second kappa shape index (κ2) is 11.0. The lowest BCUT2D eigenvalue weighted by molar-refractivity contribution is -0.143. The number of aromatic nitrogens is 4. The van der Waals surface area contributed by atoms with E-state index in [4.69, 9.17) is 5.73 Å². The zero-order valence-electron chi connectivity index (χ0n) is 23.7. The molecule has 2 aromatic carbocycles. The molecule has 1 aliphatic heterocycles. The molecular weight excluding hydrogens is 585 g/mol. The lowest BCUT2D eigenvalue weighted by Crippen LogP contribution is -2.41. The minimum atomic E-state index is -4.28. The number of hydrogen-bond donors (Lipinski definition) is 2. The van der Waals surface area contributed by atoms with E-state index in [0.29, 0.717) is 52.9 Å². The number of alkyl halides is 3. The summed E-state index contributed by atoms with van der Waals surface area (Å²) in [7, 11) is 0. The summed E-state index contributed by atoms with van der Waals surface area (Å²) < 4.78 is 70.5. The summed E-state index contributed by atoms with van der Waals surface area (Å²) in [6.45, 7) is 3.02. The number of benzene rings is 2. The Hall–Kier alpha value is -4.33. The average Bonchev–Trinajstić information content (AvgIpc) is 3.51. The van der Waals surface area contributed by atoms with Gasteiger partial charge in [-0.2, -0.15) is 28.1 Å². The van der Waals surface area contributed by atoms with Crippen molar-refractivity contribution >= 4 is 28.2 Å². The molecule has 232 valence electrons. The number of para-hydroxylation sites is 1. The molecule has 0 spiro atoms. The summed E-state index contributed by atoms with van der Waals surface area (Å²) >= 11 is 0. The molecular formula is C30H30F5N7O2. The first kappa shape index (κ1) is 29.7. The van der Waals surface area contributed by atoms with Crippen LogP contribution in [-0.4, -0.2) is 50.8 Å². The predicted octanol–water partition coefficient (Wildman–Crippen LogP) is 5.12. The molecule has 2 aliphatic rings. The number of amides is 1. The average molecular weight is 616 g/mol. The topological polar surface area (TPSA) is 111 Å². The highest BCUT2D eigenvalue weighted by molar-refractivity contribution is 6.08. The normalized spacial score (nSPS) is 19.8. The molecule has 0 unspecified atom stereocenters. The van der Waals surface area contributed by atoms with Crippen LogP contribution in [-0.2, 0) is 5.54 Å². The maximum Gasteiger partial charge on any atom is 0.389 e. The van der Waals surface area contributed by atoms with Crippen LogP contribution in [0.4, 0.5) is 33.3 Å². The fourth-order valence-corrected chi connectivity index (χ4v) is 6.06. The van der Waals surface area contributed by atoms with Gasteiger partial charge in [0.1, 0.15) is 11.4 Å². The number of carbonyl (C=O) groups excluding carboxylic acids is 1. The van der Waals surface area contributed by atoms with E-state index in [2.05, 4.69) is 15.5 Å². The fourth-order valence-electron chi connectivity index (χ4n) is 6.06. The van der Waals surface area contributed by atoms with Crippen LogP contribution in [0.1, 0.15) is 49.5 Å². The first-order chi connectivity index (χ1) is 20.8. The Morgan fingerprint density at radius 2 is 1.77 bits per heavy atom. The SMILES string of the molecule is C[C@@H]1CN(c2c(NC(=O)c3ccc(=O)n(-c4c(F)cccc4F)n3)ccc3nn(C4(CCC(F)(F)F)CCC4)cc23)C[C@@H]1N. The number of hydrogen-bond acceptors (Lipinski definition) is 6. The van der Waals surface area contributed by atoms with Crippen LogP contribution in [0.3, 0.4) is 0 Å². The molecule has 4 aromatic rings. The molecule has 44 heavy (non-hydrogen) atoms. The van der Waals surface area contributed by atoms with Gasteiger partial charge in [-0.1, -0.05) is 13.0 Å². The first-order valence-electron chi connectivity index (χ1n) is 14.3. The highest BCUT2D eigenvalue weighted by Crippen LogP contribution is 2.46. The van der Waals surface area contributed by atoms with Crippen molar-refractivity contribution in [3.63, 3.8) is 0 Å². The monoisotopic (exact) mass is 615 g/mol. The van der Waals surface area contributed by atoms with E-state index in [1.54, 1.807) is 23.0 Å². The quantitative estimate of drug-likeness (QED) is 0.280. The largest absolute Gasteiger partial charge is 0.389 e. The molecule has 2 fully saturated rings. The molecule has 1 saturated carbocycles. The number of fused-ring (bicyclic) bond motifs is 1. The molecule has 3 N–H and O–H groups in total. The van der Waals surface area contributed by atoms with Crippen LogP contribution >= 0.6 is 0 Å². The fraction of sp³-hybridized carbons (Fsp3) is 0.400. The van der Waals surface area contributed by atoms with Gasteiger partial charge in [0, 0.05) is 43.2 Å². The van der Waals surface area contributed by atoms with Crippen LogP contribution in [0.2, 0.25) is 0 Å². The van der Waals surface area contributed by atoms with Crippen LogP contribution in [0, 0.1) is 17.6 Å². The summed E-state index contributed by atoms with van der Waals surface area (Å²) in [6, 6.07) is 8.37. The third-order valence-corrected chi connectivity index (χ3v) is 8.72. The number of rotatable bonds is 7. The summed E-state index contributed by atoms with van der Waals surface area (Å²) in [5.41, 5.74) is 5.26. The first-order valence-corrected chi connectivity index (χ1v) is 14.3. The molecule has 1 amide bonds. The van der Waals surface area contributed by atoms with Crippen molar-refractivity contribution in [2.45, 2.75) is 56.8 Å². The standard InChI is InChI=1S/C30H30F5N7O2/c1-17-14-40(16-21(17)36)26-18-15-41(29(10-3-11-29)12-13-30(33,34)35)38-22(18)6-7-23(26)37-28(44)24-8-9-25(43)42(39-24)27-19(31)4-2-5-20(27)32/h2,4-9,15,17,21H,3,10-14,16,36H2,1H3,(H,37,44)/t17-,21+/m1/s1. The maximum atomic E-state index is 14.4. The van der Waals surface area contributed by atoms with Crippen molar-refractivity contribution in [3.8, 4) is 5.69 Å². The highest BCUT2D eigenvalue weighted by Gasteiger charge is 2.43. The van der Waals surface area contributed by atoms with Gasteiger partial charge in [0.15, 0.2) is 11.6 Å². The van der Waals surface area contributed by atoms with Gasteiger partial charge in [-0.05, 0) is 61.9 Å². The van der Waals surface area contributed by atoms with E-state index in [9.17, 15) is 31.5 Å². The summed E-state index contributed by atoms with van der Waals surface area (Å²) in [6.07, 6.45) is -1.59. The second-order valence-corrected chi connectivity index (χ2v) is 11.7. The molecule has 14 heteroatoms. The zero-order chi connectivity index (χ0) is 31.4. The van der Waals surface area contributed by atoms with Gasteiger partial charge in [-0.3, -0.25) is 14.3 Å². The number of nitrogens with one attached hydrogen (secondary N) is 1. The summed E-state index contributed by atoms with van der Waals surface area (Å²) in [5, 5.41) is 12.1. The molecule has 2 aromatic heterocycles. The summed E-state index contributed by atoms with van der Waals surface area (Å²) in [4.78, 5) is 27.9. The van der Waals surface area contributed by atoms with Gasteiger partial charge in [0.2, 0.25) is 0 Å². The highest BCUT2D eigenvalue weighted by atomic mass is 19.4. The third-order valence-electron chi connectivity index (χ3n) is 8.72. The van der Waals surface area contributed by atoms with Crippen molar-refractivity contribution in [3.05, 3.63) is 76.3 Å². The number of nitrogens with zero attached hydrogens (tertiary/aromatic N) is 5. The molecule has 0 radical (unpaired) electrons. The van der Waals surface area contributed by atoms with Gasteiger partial charge in [-0.15, -0.1) is 0 Å². The van der Waals surface area contributed by atoms with E-state index in [1.807, 2.05) is 11.8 Å². The Bertz CT molecular complexity index is 1770. The predicted molar refractivity (Wildman–Crippen MR) is 154 cm³/mol. The Balaban J connectivity index is 1.39. The molecule has 1 saturated heterocycles. The number of nitrogens with two attached hydrogens (primary N) is 1. The Morgan fingerprint density at radius 1 is 1.05 bits per heavy atom. The number of anilines is 2. The van der Waals surface area contributed by atoms with Crippen LogP contribution in [0.25, 0.3) is 16.6 Å². The maximum absolute atomic E-state index is 14.4. The van der Waals surface area contributed by atoms with Crippen LogP contribution < -0.4 is 21.5 Å². The lowest BCUT2D eigenvalue weighted by Gasteiger charge is -2.42. The van der Waals surface area contributed by atoms with Crippen molar-refractivity contribution in [1.29, 1.82) is 0 Å². The van der Waals surface area contributed by atoms with E-state index >= 15 is 0 Å². The molecule has 0 bridgehead atoms. The van der Waals surface area contributed by atoms with Crippen molar-refractivity contribution < 1.29 is 26.7 Å². The molecule has 6 rings (SSSR count). The lowest BCUT2D eigenvalue weighted by atomic mass is 9.73. The Labute approximate surface area is 248 Å². The van der Waals surface area contributed by atoms with E-state index < -0.39 is 46.9 Å². The van der Waals surface area contributed by atoms with Crippen molar-refractivity contribution in [2.75, 3.05) is 23.3 Å². The van der Waals surface area contributed by atoms with Gasteiger partial charge < -0.3 is 16.0 Å². The molecule has 2 atom stereocenters. The van der Waals surface area contributed by atoms with E-state index in [1.165, 1.54) is 0 Å². The molecule has 9 nitrogen and oxygen atoms in total. The van der Waals surface area contributed by atoms with Crippen molar-refractivity contribution in [1.82, 2.24) is 19.6 Å². The van der Waals surface area contributed by atoms with Gasteiger partial charge >= 0.3 is 6.18 Å². The summed E-state index contributed by atoms with van der Waals surface area (Å²) in [5.74, 6) is -2.68. The van der Waals surface area contributed by atoms with E-state index in [-0.39, 0.29) is 24.1 Å².